The second kappa shape index (κ2) is 3.39. The van der Waals surface area contributed by atoms with Crippen molar-refractivity contribution < 1.29 is 9.59 Å². The molecule has 1 aromatic rings. The van der Waals surface area contributed by atoms with E-state index in [1.54, 1.807) is 12.1 Å². The highest BCUT2D eigenvalue weighted by atomic mass is 16.1. The van der Waals surface area contributed by atoms with Crippen molar-refractivity contribution >= 4 is 11.7 Å². The molecule has 0 aliphatic heterocycles. The van der Waals surface area contributed by atoms with E-state index in [9.17, 15) is 9.59 Å². The van der Waals surface area contributed by atoms with E-state index in [-0.39, 0.29) is 5.78 Å². The van der Waals surface area contributed by atoms with Crippen LogP contribution in [0, 0.1) is 6.92 Å². The fourth-order valence-electron chi connectivity index (χ4n) is 1.15. The van der Waals surface area contributed by atoms with Crippen LogP contribution in [0.25, 0.3) is 0 Å². The maximum atomic E-state index is 11.1. The van der Waals surface area contributed by atoms with Crippen LogP contribution in [0.15, 0.2) is 18.2 Å². The Hall–Kier alpha value is -1.64. The molecule has 1 aromatic carbocycles. The monoisotopic (exact) mass is 177 g/mol. The fraction of sp³-hybridized carbons (Fsp3) is 0.200. The number of carbonyl (C=O) groups excluding carboxylic acids is 2. The molecule has 0 heterocycles. The maximum Gasteiger partial charge on any atom is 0.248 e. The molecule has 3 nitrogen and oxygen atoms in total. The minimum Gasteiger partial charge on any atom is -0.366 e. The topological polar surface area (TPSA) is 60.2 Å². The highest BCUT2D eigenvalue weighted by Crippen LogP contribution is 2.11. The smallest absolute Gasteiger partial charge is 0.248 e. The first-order valence-corrected chi connectivity index (χ1v) is 3.93. The van der Waals surface area contributed by atoms with E-state index >= 15 is 0 Å². The number of nitrogens with two attached hydrogens (primary N) is 1. The molecule has 68 valence electrons. The van der Waals surface area contributed by atoms with Gasteiger partial charge in [-0.1, -0.05) is 6.07 Å². The van der Waals surface area contributed by atoms with Gasteiger partial charge in [0, 0.05) is 11.1 Å². The Labute approximate surface area is 76.6 Å². The molecule has 0 saturated carbocycles. The van der Waals surface area contributed by atoms with Gasteiger partial charge in [-0.2, -0.15) is 0 Å². The summed E-state index contributed by atoms with van der Waals surface area (Å²) in [6.07, 6.45) is 0. The summed E-state index contributed by atoms with van der Waals surface area (Å²) in [5, 5.41) is 0. The van der Waals surface area contributed by atoms with E-state index in [1.807, 2.05) is 6.92 Å². The summed E-state index contributed by atoms with van der Waals surface area (Å²) >= 11 is 0. The molecular weight excluding hydrogens is 166 g/mol. The highest BCUT2D eigenvalue weighted by Gasteiger charge is 2.07. The van der Waals surface area contributed by atoms with Gasteiger partial charge in [-0.25, -0.2) is 0 Å². The standard InChI is InChI=1S/C10H11NO2/c1-6-3-4-8(10(11)13)5-9(6)7(2)12/h3-5H,1-2H3,(H2,11,13). The normalized spacial score (nSPS) is 9.69. The summed E-state index contributed by atoms with van der Waals surface area (Å²) < 4.78 is 0. The van der Waals surface area contributed by atoms with Crippen molar-refractivity contribution in [2.45, 2.75) is 13.8 Å². The molecule has 1 rings (SSSR count). The number of hydrogen-bond acceptors (Lipinski definition) is 2. The van der Waals surface area contributed by atoms with Crippen molar-refractivity contribution in [2.24, 2.45) is 5.73 Å². The van der Waals surface area contributed by atoms with Crippen molar-refractivity contribution in [2.75, 3.05) is 0 Å². The van der Waals surface area contributed by atoms with Crippen LogP contribution in [0.1, 0.15) is 33.2 Å². The third kappa shape index (κ3) is 1.93. The number of benzene rings is 1. The lowest BCUT2D eigenvalue weighted by Crippen LogP contribution is -2.12. The Morgan fingerprint density at radius 2 is 1.92 bits per heavy atom. The lowest BCUT2D eigenvalue weighted by atomic mass is 10.0. The number of amides is 1. The predicted molar refractivity (Wildman–Crippen MR) is 49.7 cm³/mol. The zero-order valence-electron chi connectivity index (χ0n) is 7.63. The quantitative estimate of drug-likeness (QED) is 0.692. The van der Waals surface area contributed by atoms with E-state index in [1.165, 1.54) is 13.0 Å². The second-order valence-electron chi connectivity index (χ2n) is 2.95. The van der Waals surface area contributed by atoms with E-state index < -0.39 is 5.91 Å². The van der Waals surface area contributed by atoms with Crippen LogP contribution in [0.5, 0.6) is 0 Å². The van der Waals surface area contributed by atoms with Crippen LogP contribution in [0.3, 0.4) is 0 Å². The van der Waals surface area contributed by atoms with E-state index in [4.69, 9.17) is 5.73 Å². The molecule has 0 aromatic heterocycles. The molecule has 0 bridgehead atoms. The number of primary amides is 1. The van der Waals surface area contributed by atoms with E-state index in [0.717, 1.165) is 5.56 Å². The van der Waals surface area contributed by atoms with Gasteiger partial charge in [0.05, 0.1) is 0 Å². The number of carbonyl (C=O) groups is 2. The lowest BCUT2D eigenvalue weighted by molar-refractivity contribution is 0.1000. The summed E-state index contributed by atoms with van der Waals surface area (Å²) in [5.41, 5.74) is 6.86. The molecule has 0 aliphatic carbocycles. The van der Waals surface area contributed by atoms with Crippen molar-refractivity contribution in [1.29, 1.82) is 0 Å². The lowest BCUT2D eigenvalue weighted by Gasteiger charge is -2.02. The average Bonchev–Trinajstić information content (AvgIpc) is 2.04. The zero-order chi connectivity index (χ0) is 10.0. The summed E-state index contributed by atoms with van der Waals surface area (Å²) in [5.74, 6) is -0.567. The number of aryl methyl sites for hydroxylation is 1. The Kier molecular flexibility index (Phi) is 2.46. The SMILES string of the molecule is CC(=O)c1cc(C(N)=O)ccc1C. The molecule has 0 unspecified atom stereocenters. The van der Waals surface area contributed by atoms with Crippen molar-refractivity contribution in [3.8, 4) is 0 Å². The van der Waals surface area contributed by atoms with Gasteiger partial charge in [0.25, 0.3) is 0 Å². The summed E-state index contributed by atoms with van der Waals surface area (Å²) in [4.78, 5) is 21.9. The molecule has 0 fully saturated rings. The third-order valence-electron chi connectivity index (χ3n) is 1.90. The summed E-state index contributed by atoms with van der Waals surface area (Å²) in [7, 11) is 0. The first-order valence-electron chi connectivity index (χ1n) is 3.93. The Balaban J connectivity index is 3.27. The Morgan fingerprint density at radius 1 is 1.31 bits per heavy atom. The largest absolute Gasteiger partial charge is 0.366 e. The number of hydrogen-bond donors (Lipinski definition) is 1. The molecule has 13 heavy (non-hydrogen) atoms. The molecule has 0 atom stereocenters. The van der Waals surface area contributed by atoms with Gasteiger partial charge in [-0.15, -0.1) is 0 Å². The van der Waals surface area contributed by atoms with Crippen molar-refractivity contribution in [3.63, 3.8) is 0 Å². The van der Waals surface area contributed by atoms with Crippen molar-refractivity contribution in [1.82, 2.24) is 0 Å². The predicted octanol–water partition coefficient (Wildman–Crippen LogP) is 1.30. The van der Waals surface area contributed by atoms with Crippen LogP contribution in [0.4, 0.5) is 0 Å². The minimum atomic E-state index is -0.512. The molecule has 0 spiro atoms. The Morgan fingerprint density at radius 3 is 2.38 bits per heavy atom. The van der Waals surface area contributed by atoms with Gasteiger partial charge in [-0.05, 0) is 31.5 Å². The van der Waals surface area contributed by atoms with Gasteiger partial charge in [0.2, 0.25) is 5.91 Å². The first kappa shape index (κ1) is 9.45. The molecule has 0 saturated heterocycles. The molecule has 0 radical (unpaired) electrons. The zero-order valence-corrected chi connectivity index (χ0v) is 7.63. The van der Waals surface area contributed by atoms with Gasteiger partial charge >= 0.3 is 0 Å². The van der Waals surface area contributed by atoms with Crippen LogP contribution in [-0.4, -0.2) is 11.7 Å². The molecular formula is C10H11NO2. The van der Waals surface area contributed by atoms with Gasteiger partial charge in [0.1, 0.15) is 0 Å². The second-order valence-corrected chi connectivity index (χ2v) is 2.95. The van der Waals surface area contributed by atoms with Crippen LogP contribution in [0.2, 0.25) is 0 Å². The highest BCUT2D eigenvalue weighted by molar-refractivity contribution is 5.99. The summed E-state index contributed by atoms with van der Waals surface area (Å²) in [6.45, 7) is 3.29. The van der Waals surface area contributed by atoms with E-state index in [0.29, 0.717) is 11.1 Å². The van der Waals surface area contributed by atoms with Crippen molar-refractivity contribution in [3.05, 3.63) is 34.9 Å². The number of Topliss-reactive ketones (excluding diaryl/α,β-unsaturated/α-hetero) is 1. The number of rotatable bonds is 2. The van der Waals surface area contributed by atoms with Gasteiger partial charge in [-0.3, -0.25) is 9.59 Å². The summed E-state index contributed by atoms with van der Waals surface area (Å²) in [6, 6.07) is 4.86. The van der Waals surface area contributed by atoms with Crippen LogP contribution < -0.4 is 5.73 Å². The van der Waals surface area contributed by atoms with Gasteiger partial charge < -0.3 is 5.73 Å². The van der Waals surface area contributed by atoms with Crippen LogP contribution >= 0.6 is 0 Å². The number of ketones is 1. The minimum absolute atomic E-state index is 0.0550. The van der Waals surface area contributed by atoms with Crippen LogP contribution in [-0.2, 0) is 0 Å². The molecule has 2 N–H and O–H groups in total. The average molecular weight is 177 g/mol. The molecule has 3 heteroatoms. The molecule has 0 aliphatic rings. The first-order chi connectivity index (χ1) is 6.02. The third-order valence-corrected chi connectivity index (χ3v) is 1.90. The fourth-order valence-corrected chi connectivity index (χ4v) is 1.15. The van der Waals surface area contributed by atoms with E-state index in [2.05, 4.69) is 0 Å². The maximum absolute atomic E-state index is 11.1. The molecule has 1 amide bonds. The van der Waals surface area contributed by atoms with Gasteiger partial charge in [0.15, 0.2) is 5.78 Å². The Bertz CT molecular complexity index is 369.